The van der Waals surface area contributed by atoms with Crippen LogP contribution < -0.4 is 4.74 Å². The molecule has 0 aliphatic heterocycles. The van der Waals surface area contributed by atoms with Gasteiger partial charge in [-0.05, 0) is 26.8 Å². The van der Waals surface area contributed by atoms with E-state index in [1.54, 1.807) is 20.8 Å². The van der Waals surface area contributed by atoms with Gasteiger partial charge in [0.25, 0.3) is 0 Å². The molecule has 0 bridgehead atoms. The van der Waals surface area contributed by atoms with Crippen LogP contribution in [0.2, 0.25) is 0 Å². The van der Waals surface area contributed by atoms with Crippen LogP contribution in [0.4, 0.5) is 13.6 Å². The van der Waals surface area contributed by atoms with E-state index >= 15 is 0 Å². The van der Waals surface area contributed by atoms with E-state index in [-0.39, 0.29) is 29.4 Å². The molecule has 1 aromatic heterocycles. The van der Waals surface area contributed by atoms with E-state index in [4.69, 9.17) is 9.47 Å². The van der Waals surface area contributed by atoms with Gasteiger partial charge in [-0.15, -0.1) is 0 Å². The predicted molar refractivity (Wildman–Crippen MR) is 70.0 cm³/mol. The first kappa shape index (κ1) is 14.3. The molecule has 0 spiro atoms. The number of rotatable bonds is 3. The van der Waals surface area contributed by atoms with E-state index in [1.807, 2.05) is 0 Å². The molecule has 108 valence electrons. The second kappa shape index (κ2) is 5.48. The fourth-order valence-electron chi connectivity index (χ4n) is 1.92. The van der Waals surface area contributed by atoms with Gasteiger partial charge in [-0.25, -0.2) is 18.1 Å². The largest absolute Gasteiger partial charge is 0.488 e. The molecule has 0 saturated carbocycles. The van der Waals surface area contributed by atoms with Gasteiger partial charge >= 0.3 is 6.09 Å². The monoisotopic (exact) mass is 283 g/mol. The van der Waals surface area contributed by atoms with Crippen LogP contribution in [-0.2, 0) is 4.74 Å². The summed E-state index contributed by atoms with van der Waals surface area (Å²) < 4.78 is 39.3. The lowest BCUT2D eigenvalue weighted by Crippen LogP contribution is -2.13. The molecule has 0 fully saturated rings. The lowest BCUT2D eigenvalue weighted by Gasteiger charge is -2.12. The number of ether oxygens (including phenoxy) is 2. The minimum Gasteiger partial charge on any atom is -0.488 e. The van der Waals surface area contributed by atoms with Crippen molar-refractivity contribution in [1.29, 1.82) is 0 Å². The van der Waals surface area contributed by atoms with Gasteiger partial charge in [0.2, 0.25) is 0 Å². The van der Waals surface area contributed by atoms with Gasteiger partial charge in [0.05, 0.1) is 18.2 Å². The SMILES string of the molecule is CCOC(=O)n1ccc2c(F)c(OC(C)C)cc(F)c21. The van der Waals surface area contributed by atoms with Gasteiger partial charge < -0.3 is 9.47 Å². The molecule has 0 saturated heterocycles. The van der Waals surface area contributed by atoms with Crippen LogP contribution in [-0.4, -0.2) is 23.4 Å². The third kappa shape index (κ3) is 2.45. The van der Waals surface area contributed by atoms with Crippen molar-refractivity contribution in [2.45, 2.75) is 26.9 Å². The summed E-state index contributed by atoms with van der Waals surface area (Å²) in [5.74, 6) is -1.61. The van der Waals surface area contributed by atoms with Gasteiger partial charge in [0.15, 0.2) is 17.4 Å². The summed E-state index contributed by atoms with van der Waals surface area (Å²) in [6.45, 7) is 5.21. The van der Waals surface area contributed by atoms with Crippen LogP contribution in [0.3, 0.4) is 0 Å². The molecule has 0 aliphatic rings. The highest BCUT2D eigenvalue weighted by atomic mass is 19.1. The maximum atomic E-state index is 14.2. The molecule has 4 nitrogen and oxygen atoms in total. The Hall–Kier alpha value is -2.11. The van der Waals surface area contributed by atoms with Crippen molar-refractivity contribution in [2.24, 2.45) is 0 Å². The molecule has 0 aliphatic carbocycles. The zero-order valence-corrected chi connectivity index (χ0v) is 11.4. The molecular weight excluding hydrogens is 268 g/mol. The third-order valence-electron chi connectivity index (χ3n) is 2.65. The van der Waals surface area contributed by atoms with E-state index in [0.29, 0.717) is 0 Å². The summed E-state index contributed by atoms with van der Waals surface area (Å²) in [7, 11) is 0. The number of benzene rings is 1. The Morgan fingerprint density at radius 1 is 1.40 bits per heavy atom. The van der Waals surface area contributed by atoms with Crippen LogP contribution in [0.5, 0.6) is 5.75 Å². The Bertz CT molecular complexity index is 649. The molecule has 1 heterocycles. The quantitative estimate of drug-likeness (QED) is 0.862. The van der Waals surface area contributed by atoms with E-state index in [2.05, 4.69) is 0 Å². The number of fused-ring (bicyclic) bond motifs is 1. The number of carbonyl (C=O) groups is 1. The summed E-state index contributed by atoms with van der Waals surface area (Å²) in [4.78, 5) is 11.7. The summed E-state index contributed by atoms with van der Waals surface area (Å²) in [5.41, 5.74) is -0.156. The maximum absolute atomic E-state index is 14.2. The predicted octanol–water partition coefficient (Wildman–Crippen LogP) is 3.71. The summed E-state index contributed by atoms with van der Waals surface area (Å²) in [6.07, 6.45) is 0.236. The normalized spacial score (nSPS) is 11.1. The van der Waals surface area contributed by atoms with Crippen LogP contribution >= 0.6 is 0 Å². The second-order valence-electron chi connectivity index (χ2n) is 4.48. The molecule has 1 aromatic carbocycles. The topological polar surface area (TPSA) is 40.5 Å². The minimum absolute atomic E-state index is 0.0197. The highest BCUT2D eigenvalue weighted by molar-refractivity contribution is 5.91. The lowest BCUT2D eigenvalue weighted by atomic mass is 10.2. The van der Waals surface area contributed by atoms with Crippen molar-refractivity contribution >= 4 is 17.0 Å². The van der Waals surface area contributed by atoms with Crippen LogP contribution in [0, 0.1) is 11.6 Å². The minimum atomic E-state index is -0.752. The van der Waals surface area contributed by atoms with Crippen molar-refractivity contribution in [3.8, 4) is 5.75 Å². The molecule has 0 radical (unpaired) electrons. The number of nitrogens with zero attached hydrogens (tertiary/aromatic N) is 1. The lowest BCUT2D eigenvalue weighted by molar-refractivity contribution is 0.155. The Morgan fingerprint density at radius 2 is 2.10 bits per heavy atom. The Balaban J connectivity index is 2.58. The number of hydrogen-bond acceptors (Lipinski definition) is 3. The smallest absolute Gasteiger partial charge is 0.418 e. The number of hydrogen-bond donors (Lipinski definition) is 0. The average Bonchev–Trinajstić information content (AvgIpc) is 2.80. The third-order valence-corrected chi connectivity index (χ3v) is 2.65. The van der Waals surface area contributed by atoms with Gasteiger partial charge in [-0.1, -0.05) is 0 Å². The molecule has 0 unspecified atom stereocenters. The molecule has 2 aromatic rings. The van der Waals surface area contributed by atoms with Crippen LogP contribution in [0.15, 0.2) is 18.3 Å². The summed E-state index contributed by atoms with van der Waals surface area (Å²) in [6, 6.07) is 2.26. The van der Waals surface area contributed by atoms with Crippen molar-refractivity contribution in [2.75, 3.05) is 6.61 Å². The molecule has 20 heavy (non-hydrogen) atoms. The van der Waals surface area contributed by atoms with E-state index in [0.717, 1.165) is 10.6 Å². The van der Waals surface area contributed by atoms with Gasteiger partial charge in [-0.2, -0.15) is 0 Å². The second-order valence-corrected chi connectivity index (χ2v) is 4.48. The highest BCUT2D eigenvalue weighted by Crippen LogP contribution is 2.30. The first-order chi connectivity index (χ1) is 9.45. The molecule has 6 heteroatoms. The molecular formula is C14H15F2NO3. The molecule has 0 amide bonds. The Morgan fingerprint density at radius 3 is 2.70 bits per heavy atom. The van der Waals surface area contributed by atoms with Crippen molar-refractivity contribution in [3.63, 3.8) is 0 Å². The molecule has 2 rings (SSSR count). The maximum Gasteiger partial charge on any atom is 0.418 e. The zero-order valence-electron chi connectivity index (χ0n) is 11.4. The molecule has 0 atom stereocenters. The van der Waals surface area contributed by atoms with E-state index in [1.165, 1.54) is 12.3 Å². The zero-order chi connectivity index (χ0) is 14.9. The van der Waals surface area contributed by atoms with Crippen molar-refractivity contribution in [3.05, 3.63) is 30.0 Å². The Labute approximate surface area is 114 Å². The number of carbonyl (C=O) groups excluding carboxylic acids is 1. The van der Waals surface area contributed by atoms with Gasteiger partial charge in [0.1, 0.15) is 0 Å². The summed E-state index contributed by atoms with van der Waals surface area (Å²) in [5, 5.41) is -0.0197. The fraction of sp³-hybridized carbons (Fsp3) is 0.357. The standard InChI is InChI=1S/C14H15F2NO3/c1-4-19-14(18)17-6-5-9-12(16)11(20-8(2)3)7-10(15)13(9)17/h5-8H,4H2,1-3H3. The number of halogens is 2. The van der Waals surface area contributed by atoms with E-state index < -0.39 is 17.7 Å². The van der Waals surface area contributed by atoms with Crippen LogP contribution in [0.25, 0.3) is 10.9 Å². The summed E-state index contributed by atoms with van der Waals surface area (Å²) >= 11 is 0. The van der Waals surface area contributed by atoms with Crippen LogP contribution in [0.1, 0.15) is 20.8 Å². The van der Waals surface area contributed by atoms with Gasteiger partial charge in [-0.3, -0.25) is 0 Å². The fourth-order valence-corrected chi connectivity index (χ4v) is 1.92. The van der Waals surface area contributed by atoms with Crippen molar-refractivity contribution in [1.82, 2.24) is 4.57 Å². The molecule has 0 N–H and O–H groups in total. The van der Waals surface area contributed by atoms with Gasteiger partial charge in [0, 0.05) is 17.6 Å². The number of aromatic nitrogens is 1. The first-order valence-corrected chi connectivity index (χ1v) is 6.28. The van der Waals surface area contributed by atoms with E-state index in [9.17, 15) is 13.6 Å². The Kier molecular flexibility index (Phi) is 3.92. The first-order valence-electron chi connectivity index (χ1n) is 6.28. The average molecular weight is 283 g/mol. The highest BCUT2D eigenvalue weighted by Gasteiger charge is 2.20. The van der Waals surface area contributed by atoms with Crippen molar-refractivity contribution < 1.29 is 23.0 Å².